The number of Topliss-reactive ketones (excluding diaryl/α,β-unsaturated/α-hetero) is 1. The fourth-order valence-electron chi connectivity index (χ4n) is 1.26. The molecule has 0 saturated carbocycles. The minimum atomic E-state index is -2.31. The second-order valence-electron chi connectivity index (χ2n) is 3.29. The number of hydrogen-bond donors (Lipinski definition) is 0. The third-order valence-electron chi connectivity index (χ3n) is 1.87. The smallest absolute Gasteiger partial charge is 0.242 e. The molecule has 76 valence electrons. The highest BCUT2D eigenvalue weighted by Crippen LogP contribution is 2.09. The van der Waals surface area contributed by atoms with Gasteiger partial charge in [-0.1, -0.05) is 24.3 Å². The van der Waals surface area contributed by atoms with Crippen molar-refractivity contribution in [3.63, 3.8) is 0 Å². The van der Waals surface area contributed by atoms with E-state index in [4.69, 9.17) is 0 Å². The summed E-state index contributed by atoms with van der Waals surface area (Å²) in [7, 11) is 0. The van der Waals surface area contributed by atoms with Gasteiger partial charge in [0.2, 0.25) is 6.43 Å². The van der Waals surface area contributed by atoms with Crippen molar-refractivity contribution in [3.05, 3.63) is 35.4 Å². The first-order valence-corrected chi connectivity index (χ1v) is 4.43. The first-order valence-electron chi connectivity index (χ1n) is 4.43. The summed E-state index contributed by atoms with van der Waals surface area (Å²) in [4.78, 5) is 10.8. The van der Waals surface area contributed by atoms with Gasteiger partial charge in [0.1, 0.15) is 5.78 Å². The van der Waals surface area contributed by atoms with Crippen LogP contribution in [0, 0.1) is 0 Å². The molecule has 0 unspecified atom stereocenters. The fourth-order valence-corrected chi connectivity index (χ4v) is 1.26. The topological polar surface area (TPSA) is 17.1 Å². The highest BCUT2D eigenvalue weighted by molar-refractivity contribution is 5.78. The molecule has 1 rings (SSSR count). The Balaban J connectivity index is 2.63. The minimum absolute atomic E-state index is 0.0756. The SMILES string of the molecule is CC(=O)Cc1ccc(CC(F)F)cc1. The van der Waals surface area contributed by atoms with Gasteiger partial charge in [0.05, 0.1) is 0 Å². The Bertz CT molecular complexity index is 304. The van der Waals surface area contributed by atoms with Gasteiger partial charge in [-0.15, -0.1) is 0 Å². The van der Waals surface area contributed by atoms with Crippen LogP contribution < -0.4 is 0 Å². The van der Waals surface area contributed by atoms with Crippen LogP contribution >= 0.6 is 0 Å². The van der Waals surface area contributed by atoms with Gasteiger partial charge < -0.3 is 0 Å². The van der Waals surface area contributed by atoms with Crippen LogP contribution in [0.1, 0.15) is 18.1 Å². The summed E-state index contributed by atoms with van der Waals surface area (Å²) in [5, 5.41) is 0. The molecule has 0 aliphatic heterocycles. The normalized spacial score (nSPS) is 10.6. The van der Waals surface area contributed by atoms with Crippen LogP contribution in [0.15, 0.2) is 24.3 Å². The standard InChI is InChI=1S/C11H12F2O/c1-8(14)6-9-2-4-10(5-3-9)7-11(12)13/h2-5,11H,6-7H2,1H3. The molecule has 0 fully saturated rings. The van der Waals surface area contributed by atoms with Crippen molar-refractivity contribution in [2.45, 2.75) is 26.2 Å². The molecule has 0 N–H and O–H groups in total. The quantitative estimate of drug-likeness (QED) is 0.726. The molecule has 3 heteroatoms. The Kier molecular flexibility index (Phi) is 3.74. The van der Waals surface area contributed by atoms with Crippen molar-refractivity contribution in [2.24, 2.45) is 0 Å². The summed E-state index contributed by atoms with van der Waals surface area (Å²) in [5.74, 6) is 0.0756. The lowest BCUT2D eigenvalue weighted by Crippen LogP contribution is -1.99. The first kappa shape index (κ1) is 10.8. The van der Waals surface area contributed by atoms with Crippen molar-refractivity contribution in [1.82, 2.24) is 0 Å². The van der Waals surface area contributed by atoms with Crippen molar-refractivity contribution < 1.29 is 13.6 Å². The van der Waals surface area contributed by atoms with Crippen molar-refractivity contribution in [3.8, 4) is 0 Å². The second-order valence-corrected chi connectivity index (χ2v) is 3.29. The summed E-state index contributed by atoms with van der Waals surface area (Å²) in [5.41, 5.74) is 1.47. The highest BCUT2D eigenvalue weighted by atomic mass is 19.3. The molecule has 1 aromatic carbocycles. The summed E-state index contributed by atoms with van der Waals surface area (Å²) < 4.78 is 24.0. The third kappa shape index (κ3) is 3.64. The van der Waals surface area contributed by atoms with E-state index in [1.165, 1.54) is 6.92 Å². The molecule has 0 amide bonds. The molecule has 0 atom stereocenters. The Morgan fingerprint density at radius 1 is 1.21 bits per heavy atom. The van der Waals surface area contributed by atoms with Crippen LogP contribution in [-0.4, -0.2) is 12.2 Å². The van der Waals surface area contributed by atoms with Gasteiger partial charge in [-0.3, -0.25) is 4.79 Å². The van der Waals surface area contributed by atoms with E-state index in [2.05, 4.69) is 0 Å². The number of carbonyl (C=O) groups excluding carboxylic acids is 1. The molecule has 14 heavy (non-hydrogen) atoms. The first-order chi connectivity index (χ1) is 6.58. The Hall–Kier alpha value is -1.25. The zero-order valence-electron chi connectivity index (χ0n) is 7.97. The Morgan fingerprint density at radius 2 is 1.71 bits per heavy atom. The van der Waals surface area contributed by atoms with Gasteiger partial charge in [0, 0.05) is 12.8 Å². The number of rotatable bonds is 4. The second kappa shape index (κ2) is 4.84. The lowest BCUT2D eigenvalue weighted by molar-refractivity contribution is -0.116. The largest absolute Gasteiger partial charge is 0.300 e. The maximum Gasteiger partial charge on any atom is 0.242 e. The van der Waals surface area contributed by atoms with Gasteiger partial charge in [0.25, 0.3) is 0 Å². The Labute approximate surface area is 81.7 Å². The van der Waals surface area contributed by atoms with E-state index in [0.717, 1.165) is 5.56 Å². The molecule has 0 aliphatic rings. The van der Waals surface area contributed by atoms with Crippen molar-refractivity contribution in [1.29, 1.82) is 0 Å². The van der Waals surface area contributed by atoms with Crippen molar-refractivity contribution >= 4 is 5.78 Å². The van der Waals surface area contributed by atoms with Crippen LogP contribution in [0.3, 0.4) is 0 Å². The maximum atomic E-state index is 12.0. The zero-order chi connectivity index (χ0) is 10.6. The predicted octanol–water partition coefficient (Wildman–Crippen LogP) is 2.63. The summed E-state index contributed by atoms with van der Waals surface area (Å²) in [6, 6.07) is 6.73. The molecule has 0 aliphatic carbocycles. The van der Waals surface area contributed by atoms with Gasteiger partial charge in [-0.2, -0.15) is 0 Å². The lowest BCUT2D eigenvalue weighted by atomic mass is 10.1. The van der Waals surface area contributed by atoms with Gasteiger partial charge in [0.15, 0.2) is 0 Å². The van der Waals surface area contributed by atoms with Crippen LogP contribution in [0.25, 0.3) is 0 Å². The third-order valence-corrected chi connectivity index (χ3v) is 1.87. The Morgan fingerprint density at radius 3 is 2.14 bits per heavy atom. The van der Waals surface area contributed by atoms with E-state index >= 15 is 0 Å². The van der Waals surface area contributed by atoms with Gasteiger partial charge in [-0.05, 0) is 18.1 Å². The summed E-state index contributed by atoms with van der Waals surface area (Å²) in [6.45, 7) is 1.51. The van der Waals surface area contributed by atoms with E-state index in [1.807, 2.05) is 0 Å². The monoisotopic (exact) mass is 198 g/mol. The van der Waals surface area contributed by atoms with E-state index in [9.17, 15) is 13.6 Å². The van der Waals surface area contributed by atoms with E-state index in [-0.39, 0.29) is 12.2 Å². The molecule has 1 nitrogen and oxygen atoms in total. The van der Waals surface area contributed by atoms with Gasteiger partial charge in [-0.25, -0.2) is 8.78 Å². The van der Waals surface area contributed by atoms with Crippen LogP contribution in [-0.2, 0) is 17.6 Å². The van der Waals surface area contributed by atoms with Crippen LogP contribution in [0.2, 0.25) is 0 Å². The average Bonchev–Trinajstić information content (AvgIpc) is 2.06. The molecule has 0 spiro atoms. The molecule has 0 radical (unpaired) electrons. The minimum Gasteiger partial charge on any atom is -0.300 e. The van der Waals surface area contributed by atoms with Crippen molar-refractivity contribution in [2.75, 3.05) is 0 Å². The summed E-state index contributed by atoms with van der Waals surface area (Å²) in [6.07, 6.45) is -2.16. The molecule has 0 bridgehead atoms. The zero-order valence-corrected chi connectivity index (χ0v) is 7.97. The number of benzene rings is 1. The molecular formula is C11H12F2O. The number of ketones is 1. The summed E-state index contributed by atoms with van der Waals surface area (Å²) >= 11 is 0. The molecule has 0 heterocycles. The number of alkyl halides is 2. The van der Waals surface area contributed by atoms with Crippen LogP contribution in [0.5, 0.6) is 0 Å². The van der Waals surface area contributed by atoms with E-state index in [0.29, 0.717) is 12.0 Å². The predicted molar refractivity (Wildman–Crippen MR) is 50.5 cm³/mol. The van der Waals surface area contributed by atoms with E-state index < -0.39 is 6.43 Å². The van der Waals surface area contributed by atoms with Gasteiger partial charge >= 0.3 is 0 Å². The fraction of sp³-hybridized carbons (Fsp3) is 0.364. The van der Waals surface area contributed by atoms with Crippen LogP contribution in [0.4, 0.5) is 8.78 Å². The average molecular weight is 198 g/mol. The van der Waals surface area contributed by atoms with E-state index in [1.54, 1.807) is 24.3 Å². The molecular weight excluding hydrogens is 186 g/mol. The number of hydrogen-bond acceptors (Lipinski definition) is 1. The maximum absolute atomic E-state index is 12.0. The number of halogens is 2. The molecule has 1 aromatic rings. The molecule has 0 aromatic heterocycles. The lowest BCUT2D eigenvalue weighted by Gasteiger charge is -2.02. The number of carbonyl (C=O) groups is 1. The molecule has 0 saturated heterocycles. The highest BCUT2D eigenvalue weighted by Gasteiger charge is 2.04.